The van der Waals surface area contributed by atoms with E-state index in [9.17, 15) is 9.90 Å². The maximum absolute atomic E-state index is 12.0. The van der Waals surface area contributed by atoms with Crippen molar-refractivity contribution in [3.8, 4) is 5.75 Å². The molecule has 0 atom stereocenters. The molecule has 0 spiro atoms. The van der Waals surface area contributed by atoms with Gasteiger partial charge < -0.3 is 5.11 Å². The maximum Gasteiger partial charge on any atom is 0.264 e. The van der Waals surface area contributed by atoms with Crippen molar-refractivity contribution in [3.63, 3.8) is 0 Å². The Labute approximate surface area is 158 Å². The zero-order valence-electron chi connectivity index (χ0n) is 12.6. The minimum Gasteiger partial charge on any atom is -0.507 e. The number of carbonyl (C=O) groups excluding carboxylic acids is 1. The highest BCUT2D eigenvalue weighted by atomic mass is 35.5. The van der Waals surface area contributed by atoms with Gasteiger partial charge in [-0.25, -0.2) is 0 Å². The second-order valence-electron chi connectivity index (χ2n) is 4.97. The van der Waals surface area contributed by atoms with Crippen molar-refractivity contribution in [1.29, 1.82) is 0 Å². The quantitative estimate of drug-likeness (QED) is 0.465. The molecule has 0 saturated carbocycles. The standard InChI is InChI=1S/C17H11Cl2N3O2S/c18-12-3-1-10(2-4-12)9-20-22-17-21-16(24)15(25-17)8-11-7-13(19)5-6-14(11)23/h1-9,23H,(H,21,22,24)/b15-8-,20-9-. The van der Waals surface area contributed by atoms with Crippen molar-refractivity contribution in [1.82, 2.24) is 5.32 Å². The van der Waals surface area contributed by atoms with Crippen LogP contribution in [0.5, 0.6) is 5.75 Å². The van der Waals surface area contributed by atoms with Crippen molar-refractivity contribution in [2.24, 2.45) is 10.2 Å². The third kappa shape index (κ3) is 4.63. The van der Waals surface area contributed by atoms with Crippen LogP contribution in [0.3, 0.4) is 0 Å². The average Bonchev–Trinajstić information content (AvgIpc) is 2.92. The average molecular weight is 392 g/mol. The Morgan fingerprint density at radius 2 is 1.80 bits per heavy atom. The van der Waals surface area contributed by atoms with Crippen molar-refractivity contribution in [3.05, 3.63) is 68.5 Å². The number of aromatic hydroxyl groups is 1. The number of carbonyl (C=O) groups is 1. The van der Waals surface area contributed by atoms with Crippen molar-refractivity contribution >= 4 is 58.3 Å². The lowest BCUT2D eigenvalue weighted by molar-refractivity contribution is -0.115. The molecule has 1 fully saturated rings. The summed E-state index contributed by atoms with van der Waals surface area (Å²) >= 11 is 12.8. The number of phenolic OH excluding ortho intramolecular Hbond substituents is 1. The SMILES string of the molecule is O=C1N/C(=N\N=C/c2ccc(Cl)cc2)S/C1=C\c1cc(Cl)ccc1O. The van der Waals surface area contributed by atoms with Gasteiger partial charge in [0.1, 0.15) is 5.75 Å². The lowest BCUT2D eigenvalue weighted by atomic mass is 10.2. The Kier molecular flexibility index (Phi) is 5.43. The Bertz CT molecular complexity index is 909. The molecule has 1 heterocycles. The van der Waals surface area contributed by atoms with Crippen LogP contribution < -0.4 is 5.32 Å². The van der Waals surface area contributed by atoms with Gasteiger partial charge in [-0.3, -0.25) is 10.1 Å². The van der Waals surface area contributed by atoms with E-state index in [4.69, 9.17) is 23.2 Å². The van der Waals surface area contributed by atoms with Crippen LogP contribution in [0.4, 0.5) is 0 Å². The van der Waals surface area contributed by atoms with E-state index < -0.39 is 0 Å². The minimum absolute atomic E-state index is 0.0384. The smallest absolute Gasteiger partial charge is 0.264 e. The van der Waals surface area contributed by atoms with Gasteiger partial charge in [-0.2, -0.15) is 5.10 Å². The van der Waals surface area contributed by atoms with Gasteiger partial charge in [-0.1, -0.05) is 35.3 Å². The molecular formula is C17H11Cl2N3O2S. The zero-order valence-corrected chi connectivity index (χ0v) is 14.9. The molecular weight excluding hydrogens is 381 g/mol. The number of nitrogens with one attached hydrogen (secondary N) is 1. The number of thioether (sulfide) groups is 1. The number of hydrogen-bond donors (Lipinski definition) is 2. The molecule has 25 heavy (non-hydrogen) atoms. The van der Waals surface area contributed by atoms with Crippen molar-refractivity contribution < 1.29 is 9.90 Å². The van der Waals surface area contributed by atoms with Gasteiger partial charge in [0.15, 0.2) is 5.17 Å². The largest absolute Gasteiger partial charge is 0.507 e. The van der Waals surface area contributed by atoms with Crippen LogP contribution in [-0.4, -0.2) is 22.4 Å². The van der Waals surface area contributed by atoms with Gasteiger partial charge in [0.25, 0.3) is 5.91 Å². The summed E-state index contributed by atoms with van der Waals surface area (Å²) in [6.07, 6.45) is 3.10. The van der Waals surface area contributed by atoms with E-state index in [0.29, 0.717) is 25.7 Å². The Balaban J connectivity index is 1.74. The number of phenols is 1. The third-order valence-corrected chi connectivity index (χ3v) is 4.54. The molecule has 2 aromatic rings. The zero-order chi connectivity index (χ0) is 17.8. The van der Waals surface area contributed by atoms with Crippen LogP contribution in [-0.2, 0) is 4.79 Å². The minimum atomic E-state index is -0.315. The third-order valence-electron chi connectivity index (χ3n) is 3.15. The van der Waals surface area contributed by atoms with E-state index in [1.165, 1.54) is 6.07 Å². The number of benzene rings is 2. The maximum atomic E-state index is 12.0. The van der Waals surface area contributed by atoms with Crippen LogP contribution in [0, 0.1) is 0 Å². The van der Waals surface area contributed by atoms with Crippen LogP contribution in [0.25, 0.3) is 6.08 Å². The van der Waals surface area contributed by atoms with E-state index in [0.717, 1.165) is 17.3 Å². The molecule has 0 aliphatic carbocycles. The van der Waals surface area contributed by atoms with E-state index >= 15 is 0 Å². The van der Waals surface area contributed by atoms with Crippen LogP contribution in [0.1, 0.15) is 11.1 Å². The lowest BCUT2D eigenvalue weighted by Crippen LogP contribution is -2.19. The van der Waals surface area contributed by atoms with Gasteiger partial charge in [-0.05, 0) is 53.7 Å². The van der Waals surface area contributed by atoms with Crippen LogP contribution >= 0.6 is 35.0 Å². The van der Waals surface area contributed by atoms with Gasteiger partial charge in [-0.15, -0.1) is 5.10 Å². The first-order valence-electron chi connectivity index (χ1n) is 7.07. The van der Waals surface area contributed by atoms with Crippen molar-refractivity contribution in [2.75, 3.05) is 0 Å². The molecule has 0 bridgehead atoms. The Morgan fingerprint density at radius 3 is 2.56 bits per heavy atom. The highest BCUT2D eigenvalue weighted by molar-refractivity contribution is 8.18. The summed E-state index contributed by atoms with van der Waals surface area (Å²) in [6, 6.07) is 11.7. The molecule has 1 aliphatic heterocycles. The number of halogens is 2. The number of amidine groups is 1. The molecule has 1 aliphatic rings. The number of rotatable bonds is 3. The van der Waals surface area contributed by atoms with Crippen LogP contribution in [0.2, 0.25) is 10.0 Å². The molecule has 5 nitrogen and oxygen atoms in total. The molecule has 126 valence electrons. The molecule has 1 saturated heterocycles. The van der Waals surface area contributed by atoms with E-state index in [-0.39, 0.29) is 11.7 Å². The predicted molar refractivity (Wildman–Crippen MR) is 103 cm³/mol. The summed E-state index contributed by atoms with van der Waals surface area (Å²) in [7, 11) is 0. The molecule has 0 radical (unpaired) electrons. The molecule has 8 heteroatoms. The fourth-order valence-corrected chi connectivity index (χ4v) is 3.03. The summed E-state index contributed by atoms with van der Waals surface area (Å²) in [5.41, 5.74) is 1.29. The second kappa shape index (κ2) is 7.74. The fourth-order valence-electron chi connectivity index (χ4n) is 1.95. The first-order chi connectivity index (χ1) is 12.0. The Hall–Kier alpha value is -2.28. The van der Waals surface area contributed by atoms with Crippen LogP contribution in [0.15, 0.2) is 57.6 Å². The van der Waals surface area contributed by atoms with Gasteiger partial charge in [0, 0.05) is 15.6 Å². The normalized spacial score (nSPS) is 17.6. The van der Waals surface area contributed by atoms with E-state index in [1.807, 2.05) is 0 Å². The lowest BCUT2D eigenvalue weighted by Gasteiger charge is -2.00. The highest BCUT2D eigenvalue weighted by Crippen LogP contribution is 2.30. The topological polar surface area (TPSA) is 74.0 Å². The molecule has 1 amide bonds. The van der Waals surface area contributed by atoms with Gasteiger partial charge >= 0.3 is 0 Å². The molecule has 0 unspecified atom stereocenters. The first kappa shape index (κ1) is 17.5. The van der Waals surface area contributed by atoms with E-state index in [2.05, 4.69) is 15.5 Å². The molecule has 2 N–H and O–H groups in total. The van der Waals surface area contributed by atoms with E-state index in [1.54, 1.807) is 48.7 Å². The number of hydrogen-bond acceptors (Lipinski definition) is 5. The Morgan fingerprint density at radius 1 is 1.08 bits per heavy atom. The van der Waals surface area contributed by atoms with Gasteiger partial charge in [0.05, 0.1) is 11.1 Å². The second-order valence-corrected chi connectivity index (χ2v) is 6.87. The fraction of sp³-hybridized carbons (Fsp3) is 0. The summed E-state index contributed by atoms with van der Waals surface area (Å²) in [4.78, 5) is 12.4. The predicted octanol–water partition coefficient (Wildman–Crippen LogP) is 4.29. The molecule has 0 aromatic heterocycles. The highest BCUT2D eigenvalue weighted by Gasteiger charge is 2.24. The van der Waals surface area contributed by atoms with Crippen molar-refractivity contribution in [2.45, 2.75) is 0 Å². The number of amides is 1. The molecule has 3 rings (SSSR count). The monoisotopic (exact) mass is 391 g/mol. The van der Waals surface area contributed by atoms with Gasteiger partial charge in [0.2, 0.25) is 0 Å². The summed E-state index contributed by atoms with van der Waals surface area (Å²) in [5.74, 6) is -0.277. The molecule has 2 aromatic carbocycles. The summed E-state index contributed by atoms with van der Waals surface area (Å²) < 4.78 is 0. The summed E-state index contributed by atoms with van der Waals surface area (Å²) in [5, 5.41) is 21.8. The first-order valence-corrected chi connectivity index (χ1v) is 8.64. The summed E-state index contributed by atoms with van der Waals surface area (Å²) in [6.45, 7) is 0. The number of nitrogens with zero attached hydrogens (tertiary/aromatic N) is 2.